The van der Waals surface area contributed by atoms with Gasteiger partial charge in [-0.2, -0.15) is 4.98 Å². The molecule has 2 fully saturated rings. The standard InChI is InChI=1S/C25H23N5O2/c31-25(21-7-3-5-17-4-1-2-6-20(17)21)30-14-12-29(13-15-30)22-11-10-19(16-26-22)23-27-24(32-28-23)18-8-9-18/h1-7,10-11,16,18H,8-9,12-15H2. The van der Waals surface area contributed by atoms with E-state index < -0.39 is 0 Å². The number of anilines is 1. The summed E-state index contributed by atoms with van der Waals surface area (Å²) in [6.45, 7) is 2.83. The summed E-state index contributed by atoms with van der Waals surface area (Å²) < 4.78 is 5.35. The van der Waals surface area contributed by atoms with Crippen LogP contribution in [-0.2, 0) is 0 Å². The topological polar surface area (TPSA) is 75.4 Å². The molecule has 32 heavy (non-hydrogen) atoms. The third kappa shape index (κ3) is 3.49. The summed E-state index contributed by atoms with van der Waals surface area (Å²) in [5, 5.41) is 6.18. The van der Waals surface area contributed by atoms with Gasteiger partial charge in [0, 0.05) is 49.4 Å². The normalized spacial score (nSPS) is 16.5. The molecule has 1 saturated heterocycles. The molecule has 1 amide bonds. The van der Waals surface area contributed by atoms with E-state index in [1.54, 1.807) is 6.20 Å². The van der Waals surface area contributed by atoms with Crippen LogP contribution in [0.3, 0.4) is 0 Å². The van der Waals surface area contributed by atoms with Crippen LogP contribution in [0.4, 0.5) is 5.82 Å². The summed E-state index contributed by atoms with van der Waals surface area (Å²) in [5.74, 6) is 2.76. The number of pyridine rings is 1. The second-order valence-corrected chi connectivity index (χ2v) is 8.44. The number of hydrogen-bond donors (Lipinski definition) is 0. The Labute approximate surface area is 185 Å². The zero-order chi connectivity index (χ0) is 21.5. The third-order valence-corrected chi connectivity index (χ3v) is 6.29. The van der Waals surface area contributed by atoms with E-state index in [0.29, 0.717) is 24.8 Å². The lowest BCUT2D eigenvalue weighted by Gasteiger charge is -2.35. The van der Waals surface area contributed by atoms with Crippen molar-refractivity contribution in [1.29, 1.82) is 0 Å². The SMILES string of the molecule is O=C(c1cccc2ccccc12)N1CCN(c2ccc(-c3noc(C4CC4)n3)cn2)CC1. The molecule has 2 aliphatic rings. The number of hydrogen-bond acceptors (Lipinski definition) is 6. The van der Waals surface area contributed by atoms with E-state index in [1.807, 2.05) is 59.5 Å². The second-order valence-electron chi connectivity index (χ2n) is 8.44. The molecule has 3 heterocycles. The van der Waals surface area contributed by atoms with E-state index in [0.717, 1.165) is 59.5 Å². The van der Waals surface area contributed by atoms with E-state index in [2.05, 4.69) is 20.0 Å². The highest BCUT2D eigenvalue weighted by molar-refractivity contribution is 6.07. The fraction of sp³-hybridized carbons (Fsp3) is 0.280. The van der Waals surface area contributed by atoms with Gasteiger partial charge >= 0.3 is 0 Å². The minimum absolute atomic E-state index is 0.0910. The molecule has 4 aromatic rings. The minimum atomic E-state index is 0.0910. The van der Waals surface area contributed by atoms with E-state index in [-0.39, 0.29) is 5.91 Å². The Balaban J connectivity index is 1.13. The summed E-state index contributed by atoms with van der Waals surface area (Å²) in [7, 11) is 0. The highest BCUT2D eigenvalue weighted by Crippen LogP contribution is 2.39. The van der Waals surface area contributed by atoms with E-state index in [1.165, 1.54) is 0 Å². The van der Waals surface area contributed by atoms with Crippen LogP contribution in [0.1, 0.15) is 35.0 Å². The number of rotatable bonds is 4. The molecule has 1 aliphatic heterocycles. The largest absolute Gasteiger partial charge is 0.353 e. The molecule has 0 spiro atoms. The van der Waals surface area contributed by atoms with Gasteiger partial charge in [0.15, 0.2) is 0 Å². The lowest BCUT2D eigenvalue weighted by Crippen LogP contribution is -2.49. The molecule has 6 rings (SSSR count). The van der Waals surface area contributed by atoms with Crippen LogP contribution in [0, 0.1) is 0 Å². The monoisotopic (exact) mass is 425 g/mol. The first kappa shape index (κ1) is 19.0. The van der Waals surface area contributed by atoms with E-state index in [4.69, 9.17) is 4.52 Å². The van der Waals surface area contributed by atoms with Gasteiger partial charge < -0.3 is 14.3 Å². The van der Waals surface area contributed by atoms with Crippen molar-refractivity contribution in [3.05, 3.63) is 72.2 Å². The van der Waals surface area contributed by atoms with Crippen molar-refractivity contribution in [2.24, 2.45) is 0 Å². The fourth-order valence-corrected chi connectivity index (χ4v) is 4.27. The van der Waals surface area contributed by atoms with Crippen LogP contribution >= 0.6 is 0 Å². The molecule has 0 N–H and O–H groups in total. The highest BCUT2D eigenvalue weighted by atomic mass is 16.5. The van der Waals surface area contributed by atoms with E-state index in [9.17, 15) is 4.79 Å². The van der Waals surface area contributed by atoms with Gasteiger partial charge in [-0.15, -0.1) is 0 Å². The number of piperazine rings is 1. The van der Waals surface area contributed by atoms with Gasteiger partial charge in [-0.1, -0.05) is 41.6 Å². The summed E-state index contributed by atoms with van der Waals surface area (Å²) in [5.41, 5.74) is 1.62. The van der Waals surface area contributed by atoms with Crippen LogP contribution in [0.25, 0.3) is 22.2 Å². The maximum atomic E-state index is 13.2. The molecular weight excluding hydrogens is 402 g/mol. The number of nitrogens with zero attached hydrogens (tertiary/aromatic N) is 5. The molecule has 0 atom stereocenters. The van der Waals surface area contributed by atoms with Crippen LogP contribution in [-0.4, -0.2) is 52.1 Å². The Kier molecular flexibility index (Phi) is 4.60. The van der Waals surface area contributed by atoms with Gasteiger partial charge in [-0.05, 0) is 41.8 Å². The average molecular weight is 425 g/mol. The Morgan fingerprint density at radius 3 is 2.53 bits per heavy atom. The average Bonchev–Trinajstić information content (AvgIpc) is 3.60. The zero-order valence-corrected chi connectivity index (χ0v) is 17.6. The van der Waals surface area contributed by atoms with Crippen LogP contribution in [0.5, 0.6) is 0 Å². The number of aromatic nitrogens is 3. The van der Waals surface area contributed by atoms with Crippen LogP contribution in [0.2, 0.25) is 0 Å². The van der Waals surface area contributed by atoms with Crippen LogP contribution < -0.4 is 4.90 Å². The molecule has 2 aromatic heterocycles. The number of carbonyl (C=O) groups is 1. The number of fused-ring (bicyclic) bond motifs is 1. The van der Waals surface area contributed by atoms with Gasteiger partial charge in [0.05, 0.1) is 0 Å². The number of amides is 1. The molecule has 2 aromatic carbocycles. The van der Waals surface area contributed by atoms with Crippen molar-refractivity contribution in [3.63, 3.8) is 0 Å². The maximum absolute atomic E-state index is 13.2. The van der Waals surface area contributed by atoms with E-state index >= 15 is 0 Å². The fourth-order valence-electron chi connectivity index (χ4n) is 4.27. The highest BCUT2D eigenvalue weighted by Gasteiger charge is 2.30. The summed E-state index contributed by atoms with van der Waals surface area (Å²) >= 11 is 0. The lowest BCUT2D eigenvalue weighted by atomic mass is 10.0. The number of carbonyl (C=O) groups excluding carboxylic acids is 1. The minimum Gasteiger partial charge on any atom is -0.353 e. The van der Waals surface area contributed by atoms with Crippen molar-refractivity contribution in [2.75, 3.05) is 31.1 Å². The van der Waals surface area contributed by atoms with Gasteiger partial charge in [0.25, 0.3) is 5.91 Å². The molecular formula is C25H23N5O2. The van der Waals surface area contributed by atoms with Crippen molar-refractivity contribution < 1.29 is 9.32 Å². The first-order valence-electron chi connectivity index (χ1n) is 11.1. The molecule has 0 unspecified atom stereocenters. The molecule has 1 aliphatic carbocycles. The van der Waals surface area contributed by atoms with Gasteiger partial charge in [0.2, 0.25) is 11.7 Å². The van der Waals surface area contributed by atoms with Gasteiger partial charge in [-0.3, -0.25) is 4.79 Å². The first-order chi connectivity index (χ1) is 15.8. The summed E-state index contributed by atoms with van der Waals surface area (Å²) in [4.78, 5) is 26.4. The second kappa shape index (κ2) is 7.75. The summed E-state index contributed by atoms with van der Waals surface area (Å²) in [6, 6.07) is 17.9. The predicted octanol–water partition coefficient (Wildman–Crippen LogP) is 4.12. The summed E-state index contributed by atoms with van der Waals surface area (Å²) in [6.07, 6.45) is 4.06. The molecule has 160 valence electrons. The maximum Gasteiger partial charge on any atom is 0.254 e. The van der Waals surface area contributed by atoms with Crippen molar-refractivity contribution >= 4 is 22.5 Å². The Morgan fingerprint density at radius 1 is 0.938 bits per heavy atom. The van der Waals surface area contributed by atoms with Gasteiger partial charge in [0.1, 0.15) is 5.82 Å². The molecule has 1 saturated carbocycles. The van der Waals surface area contributed by atoms with Crippen molar-refractivity contribution in [3.8, 4) is 11.4 Å². The van der Waals surface area contributed by atoms with Crippen molar-refractivity contribution in [2.45, 2.75) is 18.8 Å². The Hall–Kier alpha value is -3.74. The lowest BCUT2D eigenvalue weighted by molar-refractivity contribution is 0.0748. The molecule has 7 nitrogen and oxygen atoms in total. The third-order valence-electron chi connectivity index (χ3n) is 6.29. The Morgan fingerprint density at radius 2 is 1.75 bits per heavy atom. The smallest absolute Gasteiger partial charge is 0.254 e. The molecule has 0 bridgehead atoms. The Bertz CT molecular complexity index is 1270. The first-order valence-corrected chi connectivity index (χ1v) is 11.1. The van der Waals surface area contributed by atoms with Crippen molar-refractivity contribution in [1.82, 2.24) is 20.0 Å². The number of benzene rings is 2. The predicted molar refractivity (Wildman–Crippen MR) is 122 cm³/mol. The van der Waals surface area contributed by atoms with Crippen LogP contribution in [0.15, 0.2) is 65.3 Å². The quantitative estimate of drug-likeness (QED) is 0.490. The van der Waals surface area contributed by atoms with Gasteiger partial charge in [-0.25, -0.2) is 4.98 Å². The molecule has 7 heteroatoms. The zero-order valence-electron chi connectivity index (χ0n) is 17.6. The molecule has 0 radical (unpaired) electrons.